The van der Waals surface area contributed by atoms with Gasteiger partial charge in [0.15, 0.2) is 0 Å². The van der Waals surface area contributed by atoms with Crippen LogP contribution >= 0.6 is 0 Å². The van der Waals surface area contributed by atoms with Gasteiger partial charge in [-0.05, 0) is 19.3 Å². The summed E-state index contributed by atoms with van der Waals surface area (Å²) in [6.45, 7) is 3.46. The maximum absolute atomic E-state index is 11.6. The lowest BCUT2D eigenvalue weighted by Crippen LogP contribution is -2.49. The van der Waals surface area contributed by atoms with Gasteiger partial charge >= 0.3 is 0 Å². The van der Waals surface area contributed by atoms with E-state index in [4.69, 9.17) is 5.73 Å². The zero-order valence-electron chi connectivity index (χ0n) is 8.57. The summed E-state index contributed by atoms with van der Waals surface area (Å²) < 4.78 is 27.3. The molecule has 0 amide bonds. The number of rotatable bonds is 4. The van der Waals surface area contributed by atoms with Crippen LogP contribution in [0.1, 0.15) is 26.2 Å². The van der Waals surface area contributed by atoms with E-state index in [1.807, 2.05) is 6.92 Å². The van der Waals surface area contributed by atoms with Gasteiger partial charge in [0.25, 0.3) is 10.2 Å². The molecular weight excluding hydrogens is 202 g/mol. The molecule has 0 aliphatic carbocycles. The molecule has 0 spiro atoms. The van der Waals surface area contributed by atoms with E-state index in [9.17, 15) is 8.42 Å². The molecule has 1 aliphatic heterocycles. The minimum atomic E-state index is -3.28. The Bertz CT molecular complexity index is 266. The van der Waals surface area contributed by atoms with Gasteiger partial charge in [-0.25, -0.2) is 4.72 Å². The number of hydrogen-bond donors (Lipinski definition) is 2. The average Bonchev–Trinajstić information content (AvgIpc) is 2.15. The van der Waals surface area contributed by atoms with Crippen molar-refractivity contribution in [3.8, 4) is 0 Å². The van der Waals surface area contributed by atoms with Crippen LogP contribution in [0.5, 0.6) is 0 Å². The van der Waals surface area contributed by atoms with E-state index < -0.39 is 10.2 Å². The van der Waals surface area contributed by atoms with Crippen LogP contribution in [0.2, 0.25) is 0 Å². The van der Waals surface area contributed by atoms with Gasteiger partial charge < -0.3 is 5.73 Å². The predicted molar refractivity (Wildman–Crippen MR) is 56.0 cm³/mol. The highest BCUT2D eigenvalue weighted by molar-refractivity contribution is 7.87. The first-order valence-corrected chi connectivity index (χ1v) is 6.50. The van der Waals surface area contributed by atoms with Crippen molar-refractivity contribution in [3.63, 3.8) is 0 Å². The third kappa shape index (κ3) is 3.20. The van der Waals surface area contributed by atoms with Crippen LogP contribution in [0.15, 0.2) is 0 Å². The quantitative estimate of drug-likeness (QED) is 0.681. The fourth-order valence-corrected chi connectivity index (χ4v) is 2.92. The maximum atomic E-state index is 11.6. The molecule has 1 heterocycles. The Labute approximate surface area is 85.8 Å². The van der Waals surface area contributed by atoms with E-state index in [0.29, 0.717) is 19.6 Å². The Kier molecular flexibility index (Phi) is 4.31. The van der Waals surface area contributed by atoms with Gasteiger partial charge in [0.05, 0.1) is 0 Å². The summed E-state index contributed by atoms with van der Waals surface area (Å²) in [5.41, 5.74) is 5.72. The molecule has 0 aromatic carbocycles. The van der Waals surface area contributed by atoms with Crippen LogP contribution in [-0.2, 0) is 10.2 Å². The van der Waals surface area contributed by atoms with Crippen molar-refractivity contribution in [2.24, 2.45) is 5.73 Å². The molecule has 0 aromatic heterocycles. The van der Waals surface area contributed by atoms with E-state index in [-0.39, 0.29) is 6.04 Å². The minimum Gasteiger partial charge on any atom is -0.327 e. The van der Waals surface area contributed by atoms with Gasteiger partial charge in [-0.2, -0.15) is 12.7 Å². The fraction of sp³-hybridized carbons (Fsp3) is 1.00. The summed E-state index contributed by atoms with van der Waals surface area (Å²) in [4.78, 5) is 0. The molecule has 0 radical (unpaired) electrons. The Morgan fingerprint density at radius 3 is 2.86 bits per heavy atom. The molecule has 1 fully saturated rings. The summed E-state index contributed by atoms with van der Waals surface area (Å²) >= 11 is 0. The number of nitrogens with two attached hydrogens (primary N) is 1. The Balaban J connectivity index is 2.53. The van der Waals surface area contributed by atoms with Gasteiger partial charge in [-0.1, -0.05) is 6.92 Å². The van der Waals surface area contributed by atoms with Gasteiger partial charge in [0, 0.05) is 25.7 Å². The molecule has 0 aromatic rings. The maximum Gasteiger partial charge on any atom is 0.279 e. The first kappa shape index (κ1) is 11.9. The van der Waals surface area contributed by atoms with Gasteiger partial charge in [-0.3, -0.25) is 0 Å². The number of hydrogen-bond acceptors (Lipinski definition) is 3. The normalized spacial score (nSPS) is 25.1. The molecule has 0 saturated carbocycles. The molecule has 3 N–H and O–H groups in total. The third-order valence-electron chi connectivity index (χ3n) is 2.29. The monoisotopic (exact) mass is 221 g/mol. The fourth-order valence-electron chi connectivity index (χ4n) is 1.51. The Morgan fingerprint density at radius 1 is 1.57 bits per heavy atom. The number of nitrogens with one attached hydrogen (secondary N) is 1. The highest BCUT2D eigenvalue weighted by atomic mass is 32.2. The minimum absolute atomic E-state index is 0.0121. The van der Waals surface area contributed by atoms with Gasteiger partial charge in [0.1, 0.15) is 0 Å². The van der Waals surface area contributed by atoms with E-state index in [1.165, 1.54) is 4.31 Å². The van der Waals surface area contributed by atoms with Gasteiger partial charge in [-0.15, -0.1) is 0 Å². The van der Waals surface area contributed by atoms with Crippen molar-refractivity contribution in [3.05, 3.63) is 0 Å². The van der Waals surface area contributed by atoms with Crippen LogP contribution < -0.4 is 10.5 Å². The van der Waals surface area contributed by atoms with Crippen LogP contribution in [0.4, 0.5) is 0 Å². The number of nitrogens with zero attached hydrogens (tertiary/aromatic N) is 1. The highest BCUT2D eigenvalue weighted by Crippen LogP contribution is 2.11. The lowest BCUT2D eigenvalue weighted by molar-refractivity contribution is 0.312. The summed E-state index contributed by atoms with van der Waals surface area (Å²) in [6.07, 6.45) is 2.58. The summed E-state index contributed by atoms with van der Waals surface area (Å²) in [7, 11) is -3.28. The van der Waals surface area contributed by atoms with Crippen molar-refractivity contribution in [1.82, 2.24) is 9.03 Å². The molecule has 1 saturated heterocycles. The standard InChI is InChI=1S/C8H19N3O2S/c1-2-5-10-14(12,13)11-6-3-4-8(9)7-11/h8,10H,2-7,9H2,1H3. The largest absolute Gasteiger partial charge is 0.327 e. The van der Waals surface area contributed by atoms with E-state index in [2.05, 4.69) is 4.72 Å². The van der Waals surface area contributed by atoms with Crippen molar-refractivity contribution < 1.29 is 8.42 Å². The first-order valence-electron chi connectivity index (χ1n) is 5.06. The van der Waals surface area contributed by atoms with E-state index >= 15 is 0 Å². The summed E-state index contributed by atoms with van der Waals surface area (Å²) in [5.74, 6) is 0. The second-order valence-corrected chi connectivity index (χ2v) is 5.41. The molecule has 84 valence electrons. The molecule has 1 unspecified atom stereocenters. The van der Waals surface area contributed by atoms with Crippen LogP contribution in [-0.4, -0.2) is 38.4 Å². The molecule has 6 heteroatoms. The molecule has 14 heavy (non-hydrogen) atoms. The van der Waals surface area contributed by atoms with Crippen LogP contribution in [0, 0.1) is 0 Å². The second-order valence-electron chi connectivity index (χ2n) is 3.66. The highest BCUT2D eigenvalue weighted by Gasteiger charge is 2.26. The zero-order chi connectivity index (χ0) is 10.6. The lowest BCUT2D eigenvalue weighted by atomic mass is 10.1. The summed E-state index contributed by atoms with van der Waals surface area (Å²) in [6, 6.07) is -0.0121. The van der Waals surface area contributed by atoms with Crippen molar-refractivity contribution >= 4 is 10.2 Å². The molecule has 1 aliphatic rings. The van der Waals surface area contributed by atoms with Crippen molar-refractivity contribution in [2.75, 3.05) is 19.6 Å². The zero-order valence-corrected chi connectivity index (χ0v) is 9.39. The Morgan fingerprint density at radius 2 is 2.29 bits per heavy atom. The molecule has 5 nitrogen and oxygen atoms in total. The lowest BCUT2D eigenvalue weighted by Gasteiger charge is -2.29. The second kappa shape index (κ2) is 5.06. The topological polar surface area (TPSA) is 75.4 Å². The van der Waals surface area contributed by atoms with Gasteiger partial charge in [0.2, 0.25) is 0 Å². The molecule has 1 atom stereocenters. The third-order valence-corrected chi connectivity index (χ3v) is 3.88. The SMILES string of the molecule is CCCNS(=O)(=O)N1CCCC(N)C1. The number of piperidine rings is 1. The molecule has 0 bridgehead atoms. The van der Waals surface area contributed by atoms with E-state index in [0.717, 1.165) is 19.3 Å². The smallest absolute Gasteiger partial charge is 0.279 e. The molecular formula is C8H19N3O2S. The first-order chi connectivity index (χ1) is 6.56. The van der Waals surface area contributed by atoms with Crippen LogP contribution in [0.3, 0.4) is 0 Å². The Hall–Kier alpha value is -0.170. The van der Waals surface area contributed by atoms with Crippen molar-refractivity contribution in [1.29, 1.82) is 0 Å². The molecule has 1 rings (SSSR count). The summed E-state index contributed by atoms with van der Waals surface area (Å²) in [5, 5.41) is 0. The van der Waals surface area contributed by atoms with Crippen LogP contribution in [0.25, 0.3) is 0 Å². The van der Waals surface area contributed by atoms with E-state index in [1.54, 1.807) is 0 Å². The van der Waals surface area contributed by atoms with Crippen molar-refractivity contribution in [2.45, 2.75) is 32.2 Å². The predicted octanol–water partition coefficient (Wildman–Crippen LogP) is -0.346. The average molecular weight is 221 g/mol.